The van der Waals surface area contributed by atoms with Crippen molar-refractivity contribution in [1.29, 1.82) is 5.26 Å². The van der Waals surface area contributed by atoms with Gasteiger partial charge in [-0.25, -0.2) is 0 Å². The zero-order valence-electron chi connectivity index (χ0n) is 19.0. The molecule has 0 amide bonds. The number of aliphatic hydroxyl groups excluding tert-OH is 1. The molecule has 2 aromatic rings. The van der Waals surface area contributed by atoms with Gasteiger partial charge in [0.25, 0.3) is 0 Å². The highest BCUT2D eigenvalue weighted by molar-refractivity contribution is 7.80. The number of rotatable bonds is 4. The summed E-state index contributed by atoms with van der Waals surface area (Å²) in [6, 6.07) is 10.6. The summed E-state index contributed by atoms with van der Waals surface area (Å²) in [7, 11) is 1.88. The molecule has 6 nitrogen and oxygen atoms in total. The molecule has 34 heavy (non-hydrogen) atoms. The summed E-state index contributed by atoms with van der Waals surface area (Å²) in [5, 5.41) is 23.5. The van der Waals surface area contributed by atoms with E-state index in [0.717, 1.165) is 48.5 Å². The molecule has 0 aromatic heterocycles. The van der Waals surface area contributed by atoms with E-state index in [2.05, 4.69) is 5.32 Å². The van der Waals surface area contributed by atoms with E-state index in [1.807, 2.05) is 25.2 Å². The molecule has 2 atom stereocenters. The molecular weight excluding hydrogens is 465 g/mol. The summed E-state index contributed by atoms with van der Waals surface area (Å²) in [6.07, 6.45) is -4.18. The molecule has 0 bridgehead atoms. The summed E-state index contributed by atoms with van der Waals surface area (Å²) >= 11 is 5.66. The van der Waals surface area contributed by atoms with Crippen molar-refractivity contribution in [3.05, 3.63) is 53.1 Å². The van der Waals surface area contributed by atoms with E-state index >= 15 is 0 Å². The number of aliphatic hydroxyl groups is 1. The van der Waals surface area contributed by atoms with Gasteiger partial charge in [-0.3, -0.25) is 4.90 Å². The molecule has 1 saturated heterocycles. The molecule has 4 rings (SSSR count). The summed E-state index contributed by atoms with van der Waals surface area (Å²) in [5.41, 5.74) is -0.707. The van der Waals surface area contributed by atoms with Gasteiger partial charge in [-0.2, -0.15) is 18.4 Å². The Hall–Kier alpha value is -2.87. The number of nitriles is 1. The predicted octanol–water partition coefficient (Wildman–Crippen LogP) is 4.20. The molecule has 0 aliphatic carbocycles. The molecule has 0 radical (unpaired) electrons. The van der Waals surface area contributed by atoms with E-state index in [9.17, 15) is 18.3 Å². The van der Waals surface area contributed by atoms with Gasteiger partial charge in [-0.15, -0.1) is 0 Å². The SMILES string of the molecule is CNCC1CCc2cc(N3C(=S)N(c4ccc(C#N)c(C(F)(F)F)c4)C(O)C3(C)C)ccc2O1. The Morgan fingerprint density at radius 3 is 2.59 bits per heavy atom. The molecule has 2 unspecified atom stereocenters. The van der Waals surface area contributed by atoms with Crippen molar-refractivity contribution in [1.82, 2.24) is 5.32 Å². The standard InChI is InChI=1S/C24H25F3N4O2S/c1-23(2)21(32)30(16-6-4-15(12-28)19(11-16)24(25,26)27)22(34)31(23)17-7-9-20-14(10-17)5-8-18(33-20)13-29-3/h4,6-7,9-11,18,21,29,32H,5,8,13H2,1-3H3. The first-order chi connectivity index (χ1) is 16.0. The van der Waals surface area contributed by atoms with Crippen LogP contribution < -0.4 is 19.9 Å². The minimum atomic E-state index is -4.72. The van der Waals surface area contributed by atoms with Crippen molar-refractivity contribution in [2.75, 3.05) is 23.4 Å². The summed E-state index contributed by atoms with van der Waals surface area (Å²) in [5.74, 6) is 0.789. The number of hydrogen-bond donors (Lipinski definition) is 2. The molecule has 2 aliphatic heterocycles. The Bertz CT molecular complexity index is 1160. The zero-order chi connectivity index (χ0) is 24.8. The Balaban J connectivity index is 1.70. The van der Waals surface area contributed by atoms with Crippen molar-refractivity contribution < 1.29 is 23.0 Å². The molecule has 0 spiro atoms. The highest BCUT2D eigenvalue weighted by atomic mass is 32.1. The van der Waals surface area contributed by atoms with E-state index in [4.69, 9.17) is 22.2 Å². The van der Waals surface area contributed by atoms with E-state index in [1.165, 1.54) is 11.0 Å². The first-order valence-corrected chi connectivity index (χ1v) is 11.3. The lowest BCUT2D eigenvalue weighted by atomic mass is 9.98. The number of aryl methyl sites for hydroxylation is 1. The van der Waals surface area contributed by atoms with Gasteiger partial charge in [0, 0.05) is 17.9 Å². The van der Waals surface area contributed by atoms with E-state index < -0.39 is 29.1 Å². The van der Waals surface area contributed by atoms with Gasteiger partial charge < -0.3 is 20.1 Å². The molecule has 1 fully saturated rings. The van der Waals surface area contributed by atoms with Crippen LogP contribution in [0.5, 0.6) is 5.75 Å². The average molecular weight is 491 g/mol. The Morgan fingerprint density at radius 1 is 1.24 bits per heavy atom. The lowest BCUT2D eigenvalue weighted by molar-refractivity contribution is -0.137. The average Bonchev–Trinajstić information content (AvgIpc) is 2.96. The molecule has 2 aliphatic rings. The molecular formula is C24H25F3N4O2S. The normalized spacial score (nSPS) is 21.8. The lowest BCUT2D eigenvalue weighted by Gasteiger charge is -2.34. The molecule has 2 aromatic carbocycles. The van der Waals surface area contributed by atoms with Crippen LogP contribution in [0.3, 0.4) is 0 Å². The number of alkyl halides is 3. The fourth-order valence-electron chi connectivity index (χ4n) is 4.54. The maximum absolute atomic E-state index is 13.5. The van der Waals surface area contributed by atoms with Gasteiger partial charge in [0.15, 0.2) is 11.3 Å². The number of benzene rings is 2. The lowest BCUT2D eigenvalue weighted by Crippen LogP contribution is -2.47. The van der Waals surface area contributed by atoms with Gasteiger partial charge in [-0.1, -0.05) is 0 Å². The second-order valence-electron chi connectivity index (χ2n) is 8.98. The monoisotopic (exact) mass is 490 g/mol. The topological polar surface area (TPSA) is 71.8 Å². The largest absolute Gasteiger partial charge is 0.489 e. The van der Waals surface area contributed by atoms with Gasteiger partial charge >= 0.3 is 6.18 Å². The first-order valence-electron chi connectivity index (χ1n) is 10.9. The Kier molecular flexibility index (Phi) is 6.23. The van der Waals surface area contributed by atoms with Gasteiger partial charge in [0.1, 0.15) is 11.9 Å². The number of hydrogen-bond acceptors (Lipinski definition) is 5. The number of halogens is 3. The third kappa shape index (κ3) is 4.08. The summed E-state index contributed by atoms with van der Waals surface area (Å²) in [4.78, 5) is 3.04. The predicted molar refractivity (Wildman–Crippen MR) is 127 cm³/mol. The van der Waals surface area contributed by atoms with Crippen molar-refractivity contribution in [3.8, 4) is 11.8 Å². The molecule has 2 N–H and O–H groups in total. The number of thiocarbonyl (C=S) groups is 1. The second kappa shape index (κ2) is 8.73. The van der Waals surface area contributed by atoms with Crippen molar-refractivity contribution >= 4 is 28.7 Å². The maximum atomic E-state index is 13.5. The minimum absolute atomic E-state index is 0.0654. The third-order valence-corrected chi connectivity index (χ3v) is 6.70. The number of fused-ring (bicyclic) bond motifs is 1. The fraction of sp³-hybridized carbons (Fsp3) is 0.417. The van der Waals surface area contributed by atoms with Gasteiger partial charge in [0.05, 0.1) is 22.7 Å². The highest BCUT2D eigenvalue weighted by Gasteiger charge is 2.50. The van der Waals surface area contributed by atoms with Crippen molar-refractivity contribution in [2.24, 2.45) is 0 Å². The number of nitrogens with zero attached hydrogens (tertiary/aromatic N) is 3. The van der Waals surface area contributed by atoms with E-state index in [0.29, 0.717) is 0 Å². The highest BCUT2D eigenvalue weighted by Crippen LogP contribution is 2.42. The Morgan fingerprint density at radius 2 is 1.94 bits per heavy atom. The van der Waals surface area contributed by atoms with Crippen LogP contribution in [0.2, 0.25) is 0 Å². The fourth-order valence-corrected chi connectivity index (χ4v) is 5.09. The molecule has 2 heterocycles. The third-order valence-electron chi connectivity index (χ3n) is 6.32. The summed E-state index contributed by atoms with van der Waals surface area (Å²) < 4.78 is 46.6. The van der Waals surface area contributed by atoms with Crippen LogP contribution in [-0.2, 0) is 12.6 Å². The van der Waals surface area contributed by atoms with Gasteiger partial charge in [-0.05, 0) is 87.9 Å². The van der Waals surface area contributed by atoms with Crippen LogP contribution in [-0.4, -0.2) is 41.7 Å². The van der Waals surface area contributed by atoms with Crippen LogP contribution in [0.15, 0.2) is 36.4 Å². The van der Waals surface area contributed by atoms with Crippen molar-refractivity contribution in [3.63, 3.8) is 0 Å². The number of likely N-dealkylation sites (N-methyl/N-ethyl adjacent to an activating group) is 1. The molecule has 10 heteroatoms. The van der Waals surface area contributed by atoms with Gasteiger partial charge in [0.2, 0.25) is 0 Å². The van der Waals surface area contributed by atoms with E-state index in [1.54, 1.807) is 24.8 Å². The maximum Gasteiger partial charge on any atom is 0.417 e. The summed E-state index contributed by atoms with van der Waals surface area (Å²) in [6.45, 7) is 4.30. The molecule has 0 saturated carbocycles. The second-order valence-corrected chi connectivity index (χ2v) is 9.35. The quantitative estimate of drug-likeness (QED) is 0.623. The smallest absolute Gasteiger partial charge is 0.417 e. The van der Waals surface area contributed by atoms with Crippen LogP contribution >= 0.6 is 12.2 Å². The number of nitrogens with one attached hydrogen (secondary N) is 1. The van der Waals surface area contributed by atoms with Crippen LogP contribution in [0.1, 0.15) is 37.0 Å². The van der Waals surface area contributed by atoms with E-state index in [-0.39, 0.29) is 16.9 Å². The molecule has 180 valence electrons. The van der Waals surface area contributed by atoms with Crippen LogP contribution in [0.25, 0.3) is 0 Å². The first kappa shape index (κ1) is 24.3. The minimum Gasteiger partial charge on any atom is -0.489 e. The van der Waals surface area contributed by atoms with Crippen LogP contribution in [0.4, 0.5) is 24.5 Å². The number of anilines is 2. The zero-order valence-corrected chi connectivity index (χ0v) is 19.8. The Labute approximate surface area is 201 Å². The van der Waals surface area contributed by atoms with Crippen LogP contribution in [0, 0.1) is 11.3 Å². The van der Waals surface area contributed by atoms with Crippen molar-refractivity contribution in [2.45, 2.75) is 50.7 Å². The number of ether oxygens (including phenoxy) is 1.